The van der Waals surface area contributed by atoms with Crippen LogP contribution in [0.25, 0.3) is 0 Å². The smallest absolute Gasteiger partial charge is 0.323 e. The van der Waals surface area contributed by atoms with E-state index in [1.54, 1.807) is 0 Å². The molecule has 0 saturated carbocycles. The summed E-state index contributed by atoms with van der Waals surface area (Å²) in [6.45, 7) is 6.07. The first-order chi connectivity index (χ1) is 8.61. The molecule has 0 aliphatic heterocycles. The van der Waals surface area contributed by atoms with Crippen molar-refractivity contribution in [2.24, 2.45) is 5.73 Å². The van der Waals surface area contributed by atoms with E-state index in [1.165, 1.54) is 6.08 Å². The summed E-state index contributed by atoms with van der Waals surface area (Å²) < 4.78 is 9.76. The lowest BCUT2D eigenvalue weighted by Gasteiger charge is -2.10. The van der Waals surface area contributed by atoms with E-state index in [0.29, 0.717) is 6.61 Å². The second kappa shape index (κ2) is 10.8. The maximum atomic E-state index is 11.3. The molecule has 0 aliphatic carbocycles. The zero-order chi connectivity index (χ0) is 13.8. The first-order valence-corrected chi connectivity index (χ1v) is 6.30. The zero-order valence-electron chi connectivity index (χ0n) is 11.0. The third-order valence-electron chi connectivity index (χ3n) is 2.32. The molecule has 1 unspecified atom stereocenters. The first-order valence-electron chi connectivity index (χ1n) is 6.30. The van der Waals surface area contributed by atoms with Gasteiger partial charge >= 0.3 is 11.9 Å². The van der Waals surface area contributed by atoms with Crippen molar-refractivity contribution in [1.82, 2.24) is 0 Å². The van der Waals surface area contributed by atoms with Crippen LogP contribution in [0.15, 0.2) is 12.7 Å². The van der Waals surface area contributed by atoms with Gasteiger partial charge in [0.25, 0.3) is 0 Å². The molecule has 0 saturated heterocycles. The Balaban J connectivity index is 3.63. The van der Waals surface area contributed by atoms with E-state index >= 15 is 0 Å². The predicted octanol–water partition coefficient (Wildman–Crippen LogP) is 1.56. The number of esters is 2. The van der Waals surface area contributed by atoms with Crippen molar-refractivity contribution in [1.29, 1.82) is 0 Å². The number of carbonyl (C=O) groups is 2. The summed E-state index contributed by atoms with van der Waals surface area (Å²) in [5.41, 5.74) is 5.57. The Morgan fingerprint density at radius 2 is 2.06 bits per heavy atom. The van der Waals surface area contributed by atoms with Crippen molar-refractivity contribution >= 4 is 11.9 Å². The Labute approximate surface area is 108 Å². The maximum absolute atomic E-state index is 11.3. The Morgan fingerprint density at radius 1 is 1.33 bits per heavy atom. The van der Waals surface area contributed by atoms with Crippen LogP contribution in [0.5, 0.6) is 0 Å². The molecule has 0 spiro atoms. The molecule has 5 nitrogen and oxygen atoms in total. The lowest BCUT2D eigenvalue weighted by atomic mass is 10.2. The van der Waals surface area contributed by atoms with Crippen molar-refractivity contribution in [3.05, 3.63) is 12.7 Å². The average molecular weight is 257 g/mol. The number of hydrogen-bond acceptors (Lipinski definition) is 5. The van der Waals surface area contributed by atoms with Crippen LogP contribution in [0.1, 0.15) is 39.0 Å². The SMILES string of the molecule is C=CCOC(=O)C(N)CCC(=O)OCCCCC. The lowest BCUT2D eigenvalue weighted by Crippen LogP contribution is -2.33. The van der Waals surface area contributed by atoms with Gasteiger partial charge < -0.3 is 15.2 Å². The molecule has 1 atom stereocenters. The van der Waals surface area contributed by atoms with E-state index in [9.17, 15) is 9.59 Å². The number of ether oxygens (including phenoxy) is 2. The summed E-state index contributed by atoms with van der Waals surface area (Å²) in [5, 5.41) is 0. The van der Waals surface area contributed by atoms with Crippen LogP contribution in [-0.2, 0) is 19.1 Å². The highest BCUT2D eigenvalue weighted by molar-refractivity contribution is 5.77. The first kappa shape index (κ1) is 16.6. The van der Waals surface area contributed by atoms with E-state index in [4.69, 9.17) is 15.2 Å². The molecule has 0 amide bonds. The third-order valence-corrected chi connectivity index (χ3v) is 2.32. The molecule has 0 aromatic rings. The molecule has 0 fully saturated rings. The fourth-order valence-electron chi connectivity index (χ4n) is 1.25. The van der Waals surface area contributed by atoms with E-state index in [0.717, 1.165) is 19.3 Å². The van der Waals surface area contributed by atoms with Crippen LogP contribution in [0.3, 0.4) is 0 Å². The maximum Gasteiger partial charge on any atom is 0.323 e. The third kappa shape index (κ3) is 8.75. The summed E-state index contributed by atoms with van der Waals surface area (Å²) >= 11 is 0. The predicted molar refractivity (Wildman–Crippen MR) is 68.8 cm³/mol. The Kier molecular flexibility index (Phi) is 9.96. The van der Waals surface area contributed by atoms with Crippen LogP contribution < -0.4 is 5.73 Å². The fourth-order valence-corrected chi connectivity index (χ4v) is 1.25. The Hall–Kier alpha value is -1.36. The summed E-state index contributed by atoms with van der Waals surface area (Å²) in [4.78, 5) is 22.6. The van der Waals surface area contributed by atoms with Gasteiger partial charge in [0.15, 0.2) is 0 Å². The quantitative estimate of drug-likeness (QED) is 0.365. The lowest BCUT2D eigenvalue weighted by molar-refractivity contribution is -0.146. The number of nitrogens with two attached hydrogens (primary N) is 1. The van der Waals surface area contributed by atoms with Gasteiger partial charge in [-0.2, -0.15) is 0 Å². The van der Waals surface area contributed by atoms with Gasteiger partial charge in [-0.3, -0.25) is 9.59 Å². The molecular formula is C13H23NO4. The van der Waals surface area contributed by atoms with Crippen molar-refractivity contribution in [3.63, 3.8) is 0 Å². The molecule has 0 radical (unpaired) electrons. The average Bonchev–Trinajstić information content (AvgIpc) is 2.38. The second-order valence-electron chi connectivity index (χ2n) is 3.99. The monoisotopic (exact) mass is 257 g/mol. The minimum atomic E-state index is -0.784. The Bertz CT molecular complexity index is 266. The number of unbranched alkanes of at least 4 members (excludes halogenated alkanes) is 2. The largest absolute Gasteiger partial charge is 0.466 e. The molecule has 0 aromatic heterocycles. The van der Waals surface area contributed by atoms with Gasteiger partial charge in [-0.15, -0.1) is 0 Å². The highest BCUT2D eigenvalue weighted by Crippen LogP contribution is 2.01. The Morgan fingerprint density at radius 3 is 2.67 bits per heavy atom. The van der Waals surface area contributed by atoms with Crippen LogP contribution in [0.2, 0.25) is 0 Å². The second-order valence-corrected chi connectivity index (χ2v) is 3.99. The van der Waals surface area contributed by atoms with Crippen molar-refractivity contribution < 1.29 is 19.1 Å². The van der Waals surface area contributed by atoms with Crippen molar-refractivity contribution in [2.45, 2.75) is 45.1 Å². The van der Waals surface area contributed by atoms with Gasteiger partial charge in [-0.25, -0.2) is 0 Å². The minimum Gasteiger partial charge on any atom is -0.466 e. The van der Waals surface area contributed by atoms with Gasteiger partial charge in [0.2, 0.25) is 0 Å². The van der Waals surface area contributed by atoms with Gasteiger partial charge in [-0.1, -0.05) is 32.4 Å². The van der Waals surface area contributed by atoms with Gasteiger partial charge in [0, 0.05) is 6.42 Å². The van der Waals surface area contributed by atoms with Crippen molar-refractivity contribution in [2.75, 3.05) is 13.2 Å². The van der Waals surface area contributed by atoms with Gasteiger partial charge in [-0.05, 0) is 12.8 Å². The highest BCUT2D eigenvalue weighted by Gasteiger charge is 2.16. The van der Waals surface area contributed by atoms with Crippen LogP contribution in [-0.4, -0.2) is 31.2 Å². The molecule has 0 aliphatic rings. The highest BCUT2D eigenvalue weighted by atomic mass is 16.5. The molecule has 0 aromatic carbocycles. The fraction of sp³-hybridized carbons (Fsp3) is 0.692. The molecule has 0 rings (SSSR count). The molecule has 5 heteroatoms. The number of carbonyl (C=O) groups excluding carboxylic acids is 2. The summed E-state index contributed by atoms with van der Waals surface area (Å²) in [6, 6.07) is -0.784. The van der Waals surface area contributed by atoms with Gasteiger partial charge in [0.1, 0.15) is 12.6 Å². The minimum absolute atomic E-state index is 0.133. The summed E-state index contributed by atoms with van der Waals surface area (Å²) in [6.07, 6.45) is 4.83. The molecule has 18 heavy (non-hydrogen) atoms. The van der Waals surface area contributed by atoms with E-state index in [1.807, 2.05) is 0 Å². The molecule has 0 heterocycles. The topological polar surface area (TPSA) is 78.6 Å². The zero-order valence-corrected chi connectivity index (χ0v) is 11.0. The molecule has 104 valence electrons. The van der Waals surface area contributed by atoms with E-state index in [2.05, 4.69) is 13.5 Å². The van der Waals surface area contributed by atoms with Gasteiger partial charge in [0.05, 0.1) is 6.61 Å². The van der Waals surface area contributed by atoms with Crippen LogP contribution in [0.4, 0.5) is 0 Å². The number of rotatable bonds is 10. The molecule has 0 bridgehead atoms. The summed E-state index contributed by atoms with van der Waals surface area (Å²) in [7, 11) is 0. The summed E-state index contributed by atoms with van der Waals surface area (Å²) in [5.74, 6) is -0.841. The van der Waals surface area contributed by atoms with E-state index in [-0.39, 0.29) is 25.4 Å². The number of hydrogen-bond donors (Lipinski definition) is 1. The normalized spacial score (nSPS) is 11.7. The molecule has 2 N–H and O–H groups in total. The van der Waals surface area contributed by atoms with Crippen molar-refractivity contribution in [3.8, 4) is 0 Å². The van der Waals surface area contributed by atoms with E-state index < -0.39 is 12.0 Å². The van der Waals surface area contributed by atoms with Crippen LogP contribution in [0, 0.1) is 0 Å². The van der Waals surface area contributed by atoms with Crippen LogP contribution >= 0.6 is 0 Å². The standard InChI is InChI=1S/C13H23NO4/c1-3-5-6-10-17-12(15)8-7-11(14)13(16)18-9-4-2/h4,11H,2-3,5-10,14H2,1H3. The molecular weight excluding hydrogens is 234 g/mol.